The van der Waals surface area contributed by atoms with Crippen molar-refractivity contribution in [3.05, 3.63) is 54.4 Å². The lowest BCUT2D eigenvalue weighted by Crippen LogP contribution is -1.95. The summed E-state index contributed by atoms with van der Waals surface area (Å²) in [6, 6.07) is 13.8. The fourth-order valence-corrected chi connectivity index (χ4v) is 1.84. The highest BCUT2D eigenvalue weighted by Crippen LogP contribution is 2.19. The largest absolute Gasteiger partial charge is 0.253 e. The van der Waals surface area contributed by atoms with Crippen LogP contribution >= 0.6 is 0 Å². The Bertz CT molecular complexity index is 663. The van der Waals surface area contributed by atoms with Crippen LogP contribution in [0.1, 0.15) is 19.5 Å². The molecule has 0 aliphatic rings. The smallest absolute Gasteiger partial charge is 0.178 e. The Kier molecular flexibility index (Phi) is 4.18. The number of rotatable bonds is 1. The summed E-state index contributed by atoms with van der Waals surface area (Å²) in [6.07, 6.45) is 1.75. The summed E-state index contributed by atoms with van der Waals surface area (Å²) in [5.41, 5.74) is 2.75. The maximum atomic E-state index is 4.53. The highest BCUT2D eigenvalue weighted by molar-refractivity contribution is 5.82. The molecule has 0 aliphatic heterocycles. The summed E-state index contributed by atoms with van der Waals surface area (Å²) >= 11 is 0. The van der Waals surface area contributed by atoms with Gasteiger partial charge in [-0.1, -0.05) is 38.1 Å². The van der Waals surface area contributed by atoms with Crippen LogP contribution in [0.25, 0.3) is 22.4 Å². The quantitative estimate of drug-likeness (QED) is 0.655. The predicted molar refractivity (Wildman–Crippen MR) is 78.9 cm³/mol. The molecule has 0 fully saturated rings. The van der Waals surface area contributed by atoms with Crippen molar-refractivity contribution < 1.29 is 0 Å². The van der Waals surface area contributed by atoms with Crippen molar-refractivity contribution in [3.8, 4) is 11.5 Å². The van der Waals surface area contributed by atoms with Crippen molar-refractivity contribution >= 4 is 10.9 Å². The average molecular weight is 251 g/mol. The van der Waals surface area contributed by atoms with Gasteiger partial charge in [0, 0.05) is 17.3 Å². The van der Waals surface area contributed by atoms with Crippen molar-refractivity contribution in [2.45, 2.75) is 20.8 Å². The van der Waals surface area contributed by atoms with Crippen molar-refractivity contribution in [2.75, 3.05) is 0 Å². The highest BCUT2D eigenvalue weighted by atomic mass is 14.9. The summed E-state index contributed by atoms with van der Waals surface area (Å²) in [4.78, 5) is 13.3. The van der Waals surface area contributed by atoms with Gasteiger partial charge < -0.3 is 0 Å². The minimum Gasteiger partial charge on any atom is -0.253 e. The number of hydrogen-bond acceptors (Lipinski definition) is 3. The van der Waals surface area contributed by atoms with Crippen LogP contribution in [0.2, 0.25) is 0 Å². The minimum absolute atomic E-state index is 0.682. The maximum absolute atomic E-state index is 4.53. The van der Waals surface area contributed by atoms with Gasteiger partial charge >= 0.3 is 0 Å². The van der Waals surface area contributed by atoms with Gasteiger partial charge in [0.15, 0.2) is 5.82 Å². The van der Waals surface area contributed by atoms with Gasteiger partial charge in [-0.15, -0.1) is 0 Å². The van der Waals surface area contributed by atoms with Gasteiger partial charge in [0.1, 0.15) is 5.69 Å². The number of aryl methyl sites for hydroxylation is 1. The molecule has 0 unspecified atom stereocenters. The first-order chi connectivity index (χ1) is 9.34. The van der Waals surface area contributed by atoms with Gasteiger partial charge in [-0.25, -0.2) is 9.97 Å². The number of aromatic nitrogens is 3. The van der Waals surface area contributed by atoms with E-state index >= 15 is 0 Å². The van der Waals surface area contributed by atoms with E-state index in [1.54, 1.807) is 6.20 Å². The van der Waals surface area contributed by atoms with Crippen LogP contribution in [-0.2, 0) is 0 Å². The van der Waals surface area contributed by atoms with Crippen molar-refractivity contribution in [1.82, 2.24) is 15.0 Å². The summed E-state index contributed by atoms with van der Waals surface area (Å²) in [5, 5.41) is 1.09. The van der Waals surface area contributed by atoms with E-state index in [1.807, 2.05) is 63.2 Å². The molecule has 0 atom stereocenters. The van der Waals surface area contributed by atoms with Gasteiger partial charge in [-0.3, -0.25) is 4.98 Å². The number of pyridine rings is 1. The standard InChI is InChI=1S/C14H11N3.C2H6/c1-10-11-6-2-3-7-12(11)17-14(16-10)13-8-4-5-9-15-13;1-2/h2-9H,1H3;1-2H3. The molecule has 3 aromatic rings. The molecule has 1 aromatic carbocycles. The molecule has 0 bridgehead atoms. The summed E-state index contributed by atoms with van der Waals surface area (Å²) in [5.74, 6) is 0.682. The second-order valence-corrected chi connectivity index (χ2v) is 3.86. The van der Waals surface area contributed by atoms with Crippen molar-refractivity contribution in [3.63, 3.8) is 0 Å². The average Bonchev–Trinajstić information content (AvgIpc) is 2.50. The number of nitrogens with zero attached hydrogens (tertiary/aromatic N) is 3. The van der Waals surface area contributed by atoms with Crippen LogP contribution in [0.5, 0.6) is 0 Å². The fraction of sp³-hybridized carbons (Fsp3) is 0.188. The molecule has 3 heteroatoms. The fourth-order valence-electron chi connectivity index (χ4n) is 1.84. The van der Waals surface area contributed by atoms with Crippen LogP contribution in [0, 0.1) is 6.92 Å². The first-order valence-corrected chi connectivity index (χ1v) is 6.49. The molecular weight excluding hydrogens is 234 g/mol. The van der Waals surface area contributed by atoms with E-state index in [0.717, 1.165) is 22.3 Å². The molecule has 0 amide bonds. The number of benzene rings is 1. The van der Waals surface area contributed by atoms with E-state index in [-0.39, 0.29) is 0 Å². The Morgan fingerprint density at radius 1 is 0.842 bits per heavy atom. The molecule has 2 heterocycles. The van der Waals surface area contributed by atoms with Gasteiger partial charge in [0.05, 0.1) is 5.52 Å². The summed E-state index contributed by atoms with van der Waals surface area (Å²) < 4.78 is 0. The molecule has 3 nitrogen and oxygen atoms in total. The van der Waals surface area contributed by atoms with E-state index < -0.39 is 0 Å². The molecular formula is C16H17N3. The second kappa shape index (κ2) is 6.05. The Morgan fingerprint density at radius 3 is 2.32 bits per heavy atom. The molecule has 96 valence electrons. The normalized spacial score (nSPS) is 9.84. The Morgan fingerprint density at radius 2 is 1.58 bits per heavy atom. The molecule has 0 saturated heterocycles. The van der Waals surface area contributed by atoms with Crippen LogP contribution in [0.4, 0.5) is 0 Å². The first-order valence-electron chi connectivity index (χ1n) is 6.49. The lowest BCUT2D eigenvalue weighted by molar-refractivity contribution is 1.13. The SMILES string of the molecule is CC.Cc1nc(-c2ccccn2)nc2ccccc12. The molecule has 2 aromatic heterocycles. The molecule has 19 heavy (non-hydrogen) atoms. The summed E-state index contributed by atoms with van der Waals surface area (Å²) in [7, 11) is 0. The molecule has 0 N–H and O–H groups in total. The lowest BCUT2D eigenvalue weighted by Gasteiger charge is -2.04. The van der Waals surface area contributed by atoms with E-state index in [4.69, 9.17) is 0 Å². The summed E-state index contributed by atoms with van der Waals surface area (Å²) in [6.45, 7) is 6.00. The number of hydrogen-bond donors (Lipinski definition) is 0. The molecule has 0 aliphatic carbocycles. The van der Waals surface area contributed by atoms with E-state index in [1.165, 1.54) is 0 Å². The monoisotopic (exact) mass is 251 g/mol. The highest BCUT2D eigenvalue weighted by Gasteiger charge is 2.06. The minimum atomic E-state index is 0.682. The topological polar surface area (TPSA) is 38.7 Å². The third-order valence-corrected chi connectivity index (χ3v) is 2.69. The van der Waals surface area contributed by atoms with E-state index in [2.05, 4.69) is 15.0 Å². The maximum Gasteiger partial charge on any atom is 0.178 e. The van der Waals surface area contributed by atoms with Crippen molar-refractivity contribution in [1.29, 1.82) is 0 Å². The molecule has 0 spiro atoms. The van der Waals surface area contributed by atoms with E-state index in [9.17, 15) is 0 Å². The van der Waals surface area contributed by atoms with Gasteiger partial charge in [-0.05, 0) is 25.1 Å². The van der Waals surface area contributed by atoms with Crippen LogP contribution in [0.3, 0.4) is 0 Å². The third-order valence-electron chi connectivity index (χ3n) is 2.69. The zero-order chi connectivity index (χ0) is 13.7. The Labute approximate surface area is 113 Å². The zero-order valence-corrected chi connectivity index (χ0v) is 11.5. The second-order valence-electron chi connectivity index (χ2n) is 3.86. The molecule has 0 radical (unpaired) electrons. The Balaban J connectivity index is 0.000000637. The van der Waals surface area contributed by atoms with Crippen LogP contribution < -0.4 is 0 Å². The van der Waals surface area contributed by atoms with E-state index in [0.29, 0.717) is 5.82 Å². The Hall–Kier alpha value is -2.29. The number of fused-ring (bicyclic) bond motifs is 1. The number of para-hydroxylation sites is 1. The third kappa shape index (κ3) is 2.76. The molecule has 0 saturated carbocycles. The van der Waals surface area contributed by atoms with Crippen molar-refractivity contribution in [2.24, 2.45) is 0 Å². The first kappa shape index (κ1) is 13.1. The van der Waals surface area contributed by atoms with Gasteiger partial charge in [0.2, 0.25) is 0 Å². The zero-order valence-electron chi connectivity index (χ0n) is 11.5. The van der Waals surface area contributed by atoms with Gasteiger partial charge in [-0.2, -0.15) is 0 Å². The van der Waals surface area contributed by atoms with Crippen LogP contribution in [-0.4, -0.2) is 15.0 Å². The van der Waals surface area contributed by atoms with Gasteiger partial charge in [0.25, 0.3) is 0 Å². The molecule has 3 rings (SSSR count). The predicted octanol–water partition coefficient (Wildman–Crippen LogP) is 4.03. The lowest BCUT2D eigenvalue weighted by atomic mass is 10.2. The van der Waals surface area contributed by atoms with Crippen LogP contribution in [0.15, 0.2) is 48.7 Å².